The molecule has 1 aliphatic rings. The zero-order valence-corrected chi connectivity index (χ0v) is 19.0. The van der Waals surface area contributed by atoms with Gasteiger partial charge in [-0.05, 0) is 18.2 Å². The number of aliphatic hydroxyl groups excluding tert-OH is 1. The molecule has 8 heteroatoms. The number of methoxy groups -OCH3 is 1. The van der Waals surface area contributed by atoms with E-state index in [-0.39, 0.29) is 5.78 Å². The van der Waals surface area contributed by atoms with Crippen molar-refractivity contribution in [3.05, 3.63) is 84.3 Å². The highest BCUT2D eigenvalue weighted by molar-refractivity contribution is 6.10. The minimum absolute atomic E-state index is 0.317. The molecule has 2 N–H and O–H groups in total. The summed E-state index contributed by atoms with van der Waals surface area (Å²) >= 11 is 0. The van der Waals surface area contributed by atoms with Crippen LogP contribution in [0.25, 0.3) is 10.9 Å². The second-order valence-corrected chi connectivity index (χ2v) is 8.32. The third-order valence-electron chi connectivity index (χ3n) is 6.42. The number of carbonyl (C=O) groups excluding carboxylic acids is 1. The van der Waals surface area contributed by atoms with E-state index in [9.17, 15) is 9.90 Å². The first-order valence-corrected chi connectivity index (χ1v) is 11.3. The number of para-hydroxylation sites is 2. The standard InChI is InChI=1S/C26H27N5O3/c1-34-22-10-5-3-8-19(22)23(30-13-15-31(16-14-30)26-27-11-6-12-28-26)25(33)24(32)20-17-29-21-9-4-2-7-18(20)21/h2-12,17,23,25,29,33H,13-16H2,1H3/t23-,25-/m1/s1. The molecular formula is C26H27N5O3. The van der Waals surface area contributed by atoms with E-state index in [1.54, 1.807) is 31.8 Å². The Balaban J connectivity index is 1.46. The first-order chi connectivity index (χ1) is 16.7. The van der Waals surface area contributed by atoms with Crippen molar-refractivity contribution in [1.82, 2.24) is 19.9 Å². The van der Waals surface area contributed by atoms with Crippen LogP contribution in [0.3, 0.4) is 0 Å². The molecule has 2 aromatic heterocycles. The van der Waals surface area contributed by atoms with E-state index >= 15 is 0 Å². The number of fused-ring (bicyclic) bond motifs is 1. The van der Waals surface area contributed by atoms with E-state index in [0.717, 1.165) is 16.5 Å². The Hall–Kier alpha value is -3.75. The van der Waals surface area contributed by atoms with E-state index in [1.807, 2.05) is 48.5 Å². The summed E-state index contributed by atoms with van der Waals surface area (Å²) < 4.78 is 5.61. The van der Waals surface area contributed by atoms with Crippen LogP contribution in [0.4, 0.5) is 5.95 Å². The molecule has 2 aromatic carbocycles. The lowest BCUT2D eigenvalue weighted by Gasteiger charge is -2.41. The number of benzene rings is 2. The largest absolute Gasteiger partial charge is 0.496 e. The topological polar surface area (TPSA) is 94.6 Å². The Morgan fingerprint density at radius 2 is 1.71 bits per heavy atom. The number of rotatable bonds is 7. The number of anilines is 1. The van der Waals surface area contributed by atoms with Gasteiger partial charge < -0.3 is 19.7 Å². The number of ketones is 1. The van der Waals surface area contributed by atoms with Gasteiger partial charge in [0.25, 0.3) is 0 Å². The summed E-state index contributed by atoms with van der Waals surface area (Å²) in [6.45, 7) is 2.64. The van der Waals surface area contributed by atoms with Crippen molar-refractivity contribution in [3.8, 4) is 5.75 Å². The molecule has 0 bridgehead atoms. The van der Waals surface area contributed by atoms with Crippen LogP contribution in [0.5, 0.6) is 5.75 Å². The minimum Gasteiger partial charge on any atom is -0.496 e. The molecule has 174 valence electrons. The van der Waals surface area contributed by atoms with Gasteiger partial charge in [-0.2, -0.15) is 0 Å². The van der Waals surface area contributed by atoms with Gasteiger partial charge in [-0.25, -0.2) is 9.97 Å². The summed E-state index contributed by atoms with van der Waals surface area (Å²) in [7, 11) is 1.61. The number of carbonyl (C=O) groups is 1. The Morgan fingerprint density at radius 3 is 2.47 bits per heavy atom. The molecule has 0 unspecified atom stereocenters. The fourth-order valence-electron chi connectivity index (χ4n) is 4.71. The molecule has 3 heterocycles. The van der Waals surface area contributed by atoms with Gasteiger partial charge in [0.05, 0.1) is 13.2 Å². The molecule has 2 atom stereocenters. The highest BCUT2D eigenvalue weighted by Crippen LogP contribution is 2.35. The summed E-state index contributed by atoms with van der Waals surface area (Å²) in [4.78, 5) is 29.7. The van der Waals surface area contributed by atoms with Gasteiger partial charge in [-0.15, -0.1) is 0 Å². The number of ether oxygens (including phenoxy) is 1. The zero-order chi connectivity index (χ0) is 23.5. The molecule has 4 aromatic rings. The molecule has 0 saturated carbocycles. The lowest BCUT2D eigenvalue weighted by molar-refractivity contribution is 0.0358. The molecule has 0 aliphatic carbocycles. The van der Waals surface area contributed by atoms with E-state index in [4.69, 9.17) is 4.74 Å². The van der Waals surface area contributed by atoms with Crippen LogP contribution in [0, 0.1) is 0 Å². The van der Waals surface area contributed by atoms with Crippen molar-refractivity contribution in [3.63, 3.8) is 0 Å². The van der Waals surface area contributed by atoms with E-state index in [2.05, 4.69) is 24.8 Å². The Labute approximate surface area is 197 Å². The molecule has 0 radical (unpaired) electrons. The second-order valence-electron chi connectivity index (χ2n) is 8.32. The van der Waals surface area contributed by atoms with Crippen molar-refractivity contribution in [2.45, 2.75) is 12.1 Å². The molecule has 34 heavy (non-hydrogen) atoms. The Morgan fingerprint density at radius 1 is 1.00 bits per heavy atom. The quantitative estimate of drug-likeness (QED) is 0.412. The smallest absolute Gasteiger partial charge is 0.225 e. The summed E-state index contributed by atoms with van der Waals surface area (Å²) in [6.07, 6.45) is 3.88. The Bertz CT molecular complexity index is 1270. The van der Waals surface area contributed by atoms with Crippen molar-refractivity contribution >= 4 is 22.6 Å². The molecule has 0 spiro atoms. The highest BCUT2D eigenvalue weighted by atomic mass is 16.5. The maximum Gasteiger partial charge on any atom is 0.225 e. The van der Waals surface area contributed by atoms with Gasteiger partial charge in [-0.3, -0.25) is 9.69 Å². The number of nitrogens with one attached hydrogen (secondary N) is 1. The minimum atomic E-state index is -1.27. The Kier molecular flexibility index (Phi) is 6.24. The first kappa shape index (κ1) is 22.1. The number of Topliss-reactive ketones (excluding diaryl/α,β-unsaturated/α-hetero) is 1. The number of nitrogens with zero attached hydrogens (tertiary/aromatic N) is 4. The zero-order valence-electron chi connectivity index (χ0n) is 19.0. The molecule has 8 nitrogen and oxygen atoms in total. The van der Waals surface area contributed by atoms with Crippen LogP contribution in [0.2, 0.25) is 0 Å². The monoisotopic (exact) mass is 457 g/mol. The number of piperazine rings is 1. The van der Waals surface area contributed by atoms with E-state index in [1.165, 1.54) is 0 Å². The summed E-state index contributed by atoms with van der Waals surface area (Å²) in [5.74, 6) is 1.01. The lowest BCUT2D eigenvalue weighted by Crippen LogP contribution is -2.51. The number of hydrogen-bond donors (Lipinski definition) is 2. The highest BCUT2D eigenvalue weighted by Gasteiger charge is 2.37. The van der Waals surface area contributed by atoms with Crippen LogP contribution >= 0.6 is 0 Å². The third-order valence-corrected chi connectivity index (χ3v) is 6.42. The van der Waals surface area contributed by atoms with Gasteiger partial charge in [0.2, 0.25) is 5.95 Å². The third kappa shape index (κ3) is 4.13. The van der Waals surface area contributed by atoms with Crippen LogP contribution < -0.4 is 9.64 Å². The number of hydrogen-bond acceptors (Lipinski definition) is 7. The summed E-state index contributed by atoms with van der Waals surface area (Å²) in [5, 5.41) is 12.3. The molecule has 1 fully saturated rings. The summed E-state index contributed by atoms with van der Waals surface area (Å²) in [5.41, 5.74) is 2.14. The van der Waals surface area contributed by atoms with Crippen LogP contribution in [0.15, 0.2) is 73.2 Å². The molecule has 1 saturated heterocycles. The van der Waals surface area contributed by atoms with Crippen molar-refractivity contribution in [2.75, 3.05) is 38.2 Å². The first-order valence-electron chi connectivity index (χ1n) is 11.3. The predicted molar refractivity (Wildman–Crippen MR) is 130 cm³/mol. The number of H-pyrrole nitrogens is 1. The van der Waals surface area contributed by atoms with Gasteiger partial charge in [0.1, 0.15) is 11.9 Å². The molecule has 1 aliphatic heterocycles. The number of aromatic amines is 1. The van der Waals surface area contributed by atoms with Crippen molar-refractivity contribution in [2.24, 2.45) is 0 Å². The van der Waals surface area contributed by atoms with Crippen molar-refractivity contribution in [1.29, 1.82) is 0 Å². The van der Waals surface area contributed by atoms with Gasteiger partial charge in [-0.1, -0.05) is 36.4 Å². The second kappa shape index (κ2) is 9.62. The maximum absolute atomic E-state index is 13.6. The average Bonchev–Trinajstić information content (AvgIpc) is 3.34. The molecule has 0 amide bonds. The summed E-state index contributed by atoms with van der Waals surface area (Å²) in [6, 6.07) is 16.4. The van der Waals surface area contributed by atoms with E-state index in [0.29, 0.717) is 43.4 Å². The molecule has 5 rings (SSSR count). The number of aromatic nitrogens is 3. The fourth-order valence-corrected chi connectivity index (χ4v) is 4.71. The van der Waals surface area contributed by atoms with Crippen LogP contribution in [0.1, 0.15) is 22.0 Å². The molecular weight excluding hydrogens is 430 g/mol. The van der Waals surface area contributed by atoms with Crippen molar-refractivity contribution < 1.29 is 14.6 Å². The van der Waals surface area contributed by atoms with Gasteiger partial charge in [0, 0.05) is 66.8 Å². The number of aliphatic hydroxyl groups is 1. The normalized spacial score (nSPS) is 16.4. The van der Waals surface area contributed by atoms with E-state index < -0.39 is 12.1 Å². The fraction of sp³-hybridized carbons (Fsp3) is 0.269. The van der Waals surface area contributed by atoms with Gasteiger partial charge >= 0.3 is 0 Å². The van der Waals surface area contributed by atoms with Crippen LogP contribution in [-0.2, 0) is 0 Å². The van der Waals surface area contributed by atoms with Gasteiger partial charge in [0.15, 0.2) is 5.78 Å². The lowest BCUT2D eigenvalue weighted by atomic mass is 9.92. The predicted octanol–water partition coefficient (Wildman–Crippen LogP) is 3.07. The SMILES string of the molecule is COc1ccccc1[C@H]([C@@H](O)C(=O)c1c[nH]c2ccccc12)N1CCN(c2ncccn2)CC1. The maximum atomic E-state index is 13.6. The average molecular weight is 458 g/mol. The van der Waals surface area contributed by atoms with Crippen LogP contribution in [-0.4, -0.2) is 70.1 Å².